The predicted molar refractivity (Wildman–Crippen MR) is 70.7 cm³/mol. The fourth-order valence-corrected chi connectivity index (χ4v) is 2.41. The van der Waals surface area contributed by atoms with Crippen LogP contribution in [-0.4, -0.2) is 36.5 Å². The van der Waals surface area contributed by atoms with Gasteiger partial charge in [0.05, 0.1) is 0 Å². The zero-order valence-electron chi connectivity index (χ0n) is 11.2. The van der Waals surface area contributed by atoms with Crippen LogP contribution < -0.4 is 5.32 Å². The smallest absolute Gasteiger partial charge is 0.289 e. The predicted octanol–water partition coefficient (Wildman–Crippen LogP) is 2.19. The second-order valence-electron chi connectivity index (χ2n) is 4.90. The molecule has 1 N–H and O–H groups in total. The van der Waals surface area contributed by atoms with Gasteiger partial charge in [0.15, 0.2) is 5.76 Å². The fourth-order valence-electron chi connectivity index (χ4n) is 2.41. The molecule has 0 aromatic carbocycles. The third-order valence-electron chi connectivity index (χ3n) is 3.47. The van der Waals surface area contributed by atoms with Crippen molar-refractivity contribution in [3.63, 3.8) is 0 Å². The highest BCUT2D eigenvalue weighted by Gasteiger charge is 2.22. The molecule has 2 heterocycles. The molecule has 18 heavy (non-hydrogen) atoms. The molecule has 1 unspecified atom stereocenters. The molecule has 0 aliphatic carbocycles. The van der Waals surface area contributed by atoms with Crippen LogP contribution in [0.4, 0.5) is 0 Å². The topological polar surface area (TPSA) is 45.5 Å². The van der Waals surface area contributed by atoms with Crippen molar-refractivity contribution in [3.8, 4) is 0 Å². The van der Waals surface area contributed by atoms with Crippen LogP contribution in [0.3, 0.4) is 0 Å². The maximum absolute atomic E-state index is 12.3. The molecule has 1 saturated heterocycles. The minimum absolute atomic E-state index is 0.00188. The molecular weight excluding hydrogens is 228 g/mol. The van der Waals surface area contributed by atoms with E-state index >= 15 is 0 Å². The normalized spacial score (nSPS) is 19.8. The van der Waals surface area contributed by atoms with Gasteiger partial charge in [-0.25, -0.2) is 0 Å². The number of amides is 1. The first kappa shape index (κ1) is 13.1. The first-order valence-electron chi connectivity index (χ1n) is 6.79. The van der Waals surface area contributed by atoms with E-state index in [1.54, 1.807) is 6.07 Å². The molecule has 0 saturated carbocycles. The number of piperidine rings is 1. The molecule has 1 aliphatic rings. The number of furan rings is 1. The number of hydrogen-bond acceptors (Lipinski definition) is 3. The Balaban J connectivity index is 1.97. The van der Waals surface area contributed by atoms with E-state index in [9.17, 15) is 4.79 Å². The van der Waals surface area contributed by atoms with E-state index in [1.807, 2.05) is 24.8 Å². The van der Waals surface area contributed by atoms with E-state index in [0.29, 0.717) is 11.8 Å². The lowest BCUT2D eigenvalue weighted by Gasteiger charge is -2.29. The Morgan fingerprint density at radius 3 is 2.89 bits per heavy atom. The van der Waals surface area contributed by atoms with Crippen LogP contribution in [0.1, 0.15) is 42.5 Å². The molecule has 4 nitrogen and oxygen atoms in total. The van der Waals surface area contributed by atoms with Gasteiger partial charge in [-0.15, -0.1) is 0 Å². The molecule has 0 spiro atoms. The Morgan fingerprint density at radius 1 is 1.50 bits per heavy atom. The van der Waals surface area contributed by atoms with Gasteiger partial charge in [-0.2, -0.15) is 0 Å². The van der Waals surface area contributed by atoms with Crippen LogP contribution in [0.25, 0.3) is 0 Å². The van der Waals surface area contributed by atoms with E-state index in [1.165, 1.54) is 12.8 Å². The van der Waals surface area contributed by atoms with E-state index in [2.05, 4.69) is 5.32 Å². The molecule has 1 fully saturated rings. The van der Waals surface area contributed by atoms with Gasteiger partial charge in [-0.05, 0) is 45.4 Å². The lowest BCUT2D eigenvalue weighted by atomic mass is 10.0. The molecule has 0 radical (unpaired) electrons. The van der Waals surface area contributed by atoms with E-state index in [0.717, 1.165) is 31.8 Å². The van der Waals surface area contributed by atoms with Gasteiger partial charge in [0.2, 0.25) is 0 Å². The molecule has 1 aromatic rings. The first-order valence-corrected chi connectivity index (χ1v) is 6.79. The number of nitrogens with one attached hydrogen (secondary N) is 1. The highest BCUT2D eigenvalue weighted by molar-refractivity contribution is 5.91. The van der Waals surface area contributed by atoms with Crippen LogP contribution in [0.2, 0.25) is 0 Å². The maximum atomic E-state index is 12.3. The lowest BCUT2D eigenvalue weighted by Crippen LogP contribution is -2.45. The van der Waals surface area contributed by atoms with Crippen molar-refractivity contribution in [2.75, 3.05) is 19.6 Å². The summed E-state index contributed by atoms with van der Waals surface area (Å²) in [5.74, 6) is 1.23. The molecule has 1 amide bonds. The standard InChI is InChI=1S/C14H22N2O2/c1-3-16(10-12-6-4-5-9-15-12)14(17)13-8-7-11(2)18-13/h7-8,12,15H,3-6,9-10H2,1-2H3. The molecule has 4 heteroatoms. The Hall–Kier alpha value is -1.29. The number of carbonyl (C=O) groups is 1. The fraction of sp³-hybridized carbons (Fsp3) is 0.643. The number of likely N-dealkylation sites (N-methyl/N-ethyl adjacent to an activating group) is 1. The van der Waals surface area contributed by atoms with E-state index in [-0.39, 0.29) is 5.91 Å². The van der Waals surface area contributed by atoms with Crippen molar-refractivity contribution >= 4 is 5.91 Å². The molecule has 0 bridgehead atoms. The SMILES string of the molecule is CCN(CC1CCCCN1)C(=O)c1ccc(C)o1. The van der Waals surface area contributed by atoms with Crippen LogP contribution >= 0.6 is 0 Å². The molecule has 2 rings (SSSR count). The third-order valence-corrected chi connectivity index (χ3v) is 3.47. The number of hydrogen-bond donors (Lipinski definition) is 1. The van der Waals surface area contributed by atoms with Crippen molar-refractivity contribution in [1.29, 1.82) is 0 Å². The third kappa shape index (κ3) is 3.13. The maximum Gasteiger partial charge on any atom is 0.289 e. The van der Waals surface area contributed by atoms with Crippen LogP contribution in [0.5, 0.6) is 0 Å². The largest absolute Gasteiger partial charge is 0.456 e. The highest BCUT2D eigenvalue weighted by Crippen LogP contribution is 2.13. The Bertz CT molecular complexity index is 394. The van der Waals surface area contributed by atoms with Gasteiger partial charge in [0.1, 0.15) is 5.76 Å². The number of carbonyl (C=O) groups excluding carboxylic acids is 1. The zero-order valence-corrected chi connectivity index (χ0v) is 11.2. The highest BCUT2D eigenvalue weighted by atomic mass is 16.3. The molecule has 1 aromatic heterocycles. The molecule has 1 aliphatic heterocycles. The van der Waals surface area contributed by atoms with Gasteiger partial charge in [0, 0.05) is 19.1 Å². The Morgan fingerprint density at radius 2 is 2.33 bits per heavy atom. The average Bonchev–Trinajstić information content (AvgIpc) is 2.83. The summed E-state index contributed by atoms with van der Waals surface area (Å²) in [7, 11) is 0. The lowest BCUT2D eigenvalue weighted by molar-refractivity contribution is 0.0708. The minimum atomic E-state index is -0.00188. The van der Waals surface area contributed by atoms with E-state index < -0.39 is 0 Å². The van der Waals surface area contributed by atoms with Crippen molar-refractivity contribution in [3.05, 3.63) is 23.7 Å². The number of aryl methyl sites for hydroxylation is 1. The first-order chi connectivity index (χ1) is 8.70. The van der Waals surface area contributed by atoms with Gasteiger partial charge >= 0.3 is 0 Å². The molecule has 100 valence electrons. The van der Waals surface area contributed by atoms with Crippen molar-refractivity contribution in [1.82, 2.24) is 10.2 Å². The van der Waals surface area contributed by atoms with Gasteiger partial charge in [-0.1, -0.05) is 6.42 Å². The molecule has 1 atom stereocenters. The van der Waals surface area contributed by atoms with Crippen molar-refractivity contribution in [2.45, 2.75) is 39.2 Å². The summed E-state index contributed by atoms with van der Waals surface area (Å²) in [5.41, 5.74) is 0. The zero-order chi connectivity index (χ0) is 13.0. The summed E-state index contributed by atoms with van der Waals surface area (Å²) < 4.78 is 5.41. The van der Waals surface area contributed by atoms with Gasteiger partial charge in [-0.3, -0.25) is 4.79 Å². The van der Waals surface area contributed by atoms with Crippen LogP contribution in [0.15, 0.2) is 16.5 Å². The quantitative estimate of drug-likeness (QED) is 0.891. The summed E-state index contributed by atoms with van der Waals surface area (Å²) in [6.07, 6.45) is 3.65. The number of nitrogens with zero attached hydrogens (tertiary/aromatic N) is 1. The average molecular weight is 250 g/mol. The van der Waals surface area contributed by atoms with E-state index in [4.69, 9.17) is 4.42 Å². The second kappa shape index (κ2) is 6.05. The van der Waals surface area contributed by atoms with Crippen molar-refractivity contribution in [2.24, 2.45) is 0 Å². The van der Waals surface area contributed by atoms with Gasteiger partial charge < -0.3 is 14.6 Å². The van der Waals surface area contributed by atoms with Crippen LogP contribution in [0, 0.1) is 6.92 Å². The molecular formula is C14H22N2O2. The number of rotatable bonds is 4. The van der Waals surface area contributed by atoms with Crippen LogP contribution in [-0.2, 0) is 0 Å². The monoisotopic (exact) mass is 250 g/mol. The second-order valence-corrected chi connectivity index (χ2v) is 4.90. The van der Waals surface area contributed by atoms with Crippen molar-refractivity contribution < 1.29 is 9.21 Å². The minimum Gasteiger partial charge on any atom is -0.456 e. The summed E-state index contributed by atoms with van der Waals surface area (Å²) in [5, 5.41) is 3.47. The summed E-state index contributed by atoms with van der Waals surface area (Å²) in [6.45, 7) is 6.42. The summed E-state index contributed by atoms with van der Waals surface area (Å²) in [6, 6.07) is 4.02. The van der Waals surface area contributed by atoms with Gasteiger partial charge in [0.25, 0.3) is 5.91 Å². The Kier molecular flexibility index (Phi) is 4.42. The summed E-state index contributed by atoms with van der Waals surface area (Å²) >= 11 is 0. The Labute approximate surface area is 108 Å². The summed E-state index contributed by atoms with van der Waals surface area (Å²) in [4.78, 5) is 14.1.